The van der Waals surface area contributed by atoms with Crippen LogP contribution in [0.1, 0.15) is 24.5 Å². The Bertz CT molecular complexity index is 1240. The summed E-state index contributed by atoms with van der Waals surface area (Å²) in [4.78, 5) is 44.0. The molecule has 3 aromatic rings. The zero-order valence-electron chi connectivity index (χ0n) is 18.0. The van der Waals surface area contributed by atoms with Crippen LogP contribution in [0, 0.1) is 0 Å². The molecule has 1 saturated heterocycles. The van der Waals surface area contributed by atoms with Crippen molar-refractivity contribution < 1.29 is 19.1 Å². The predicted molar refractivity (Wildman–Crippen MR) is 124 cm³/mol. The molecule has 0 radical (unpaired) electrons. The summed E-state index contributed by atoms with van der Waals surface area (Å²) in [7, 11) is 0. The van der Waals surface area contributed by atoms with Crippen LogP contribution < -0.4 is 15.4 Å². The van der Waals surface area contributed by atoms with E-state index in [1.807, 2.05) is 23.6 Å². The number of fused-ring (bicyclic) bond motifs is 2. The highest BCUT2D eigenvalue weighted by atomic mass is 32.1. The quantitative estimate of drug-likeness (QED) is 0.565. The molecule has 168 valence electrons. The van der Waals surface area contributed by atoms with Crippen LogP contribution in [0.2, 0.25) is 0 Å². The molecule has 1 spiro atoms. The van der Waals surface area contributed by atoms with E-state index in [0.717, 1.165) is 22.6 Å². The molecule has 2 N–H and O–H groups in total. The van der Waals surface area contributed by atoms with Gasteiger partial charge in [0.2, 0.25) is 5.91 Å². The Kier molecular flexibility index (Phi) is 5.33. The van der Waals surface area contributed by atoms with E-state index >= 15 is 0 Å². The number of para-hydroxylation sites is 1. The van der Waals surface area contributed by atoms with Crippen LogP contribution in [0.4, 0.5) is 9.93 Å². The number of hydrogen-bond acceptors (Lipinski definition) is 6. The van der Waals surface area contributed by atoms with Crippen LogP contribution in [0.15, 0.2) is 53.9 Å². The Morgan fingerprint density at radius 1 is 1.21 bits per heavy atom. The number of anilines is 1. The number of carbonyl (C=O) groups is 3. The van der Waals surface area contributed by atoms with E-state index in [-0.39, 0.29) is 0 Å². The number of imide groups is 1. The lowest BCUT2D eigenvalue weighted by Gasteiger charge is -2.33. The summed E-state index contributed by atoms with van der Waals surface area (Å²) in [6.45, 7) is 2.00. The van der Waals surface area contributed by atoms with Crippen molar-refractivity contribution in [3.05, 3.63) is 65.0 Å². The molecule has 4 amide bonds. The first-order valence-electron chi connectivity index (χ1n) is 10.7. The number of hydrogen-bond donors (Lipinski definition) is 2. The lowest BCUT2D eigenvalue weighted by atomic mass is 9.84. The second-order valence-electron chi connectivity index (χ2n) is 7.96. The number of nitrogens with zero attached hydrogens (tertiary/aromatic N) is 2. The van der Waals surface area contributed by atoms with Gasteiger partial charge in [-0.05, 0) is 18.1 Å². The molecule has 1 fully saturated rings. The average Bonchev–Trinajstić information content (AvgIpc) is 3.38. The summed E-state index contributed by atoms with van der Waals surface area (Å²) < 4.78 is 5.63. The summed E-state index contributed by atoms with van der Waals surface area (Å²) >= 11 is 1.29. The molecule has 1 atom stereocenters. The Morgan fingerprint density at radius 3 is 2.79 bits per heavy atom. The number of carbonyl (C=O) groups excluding carboxylic acids is 3. The van der Waals surface area contributed by atoms with E-state index in [1.165, 1.54) is 16.9 Å². The van der Waals surface area contributed by atoms with Crippen LogP contribution in [-0.4, -0.2) is 40.9 Å². The fourth-order valence-electron chi connectivity index (χ4n) is 4.19. The van der Waals surface area contributed by atoms with Gasteiger partial charge in [-0.1, -0.05) is 49.4 Å². The number of amides is 4. The molecule has 2 aliphatic heterocycles. The van der Waals surface area contributed by atoms with Crippen LogP contribution in [0.5, 0.6) is 5.75 Å². The van der Waals surface area contributed by atoms with Gasteiger partial charge in [0.25, 0.3) is 5.91 Å². The maximum Gasteiger partial charge on any atom is 0.325 e. The van der Waals surface area contributed by atoms with Crippen molar-refractivity contribution >= 4 is 34.3 Å². The highest BCUT2D eigenvalue weighted by Crippen LogP contribution is 2.40. The lowest BCUT2D eigenvalue weighted by Crippen LogP contribution is -2.48. The zero-order chi connectivity index (χ0) is 23.0. The molecular weight excluding hydrogens is 440 g/mol. The van der Waals surface area contributed by atoms with E-state index in [1.54, 1.807) is 18.2 Å². The number of aromatic nitrogens is 1. The Morgan fingerprint density at radius 2 is 2.00 bits per heavy atom. The summed E-state index contributed by atoms with van der Waals surface area (Å²) in [6.07, 6.45) is 1.26. The number of rotatable bonds is 5. The van der Waals surface area contributed by atoms with Crippen molar-refractivity contribution in [3.63, 3.8) is 0 Å². The number of urea groups is 1. The van der Waals surface area contributed by atoms with Crippen molar-refractivity contribution in [3.8, 4) is 17.0 Å². The first kappa shape index (κ1) is 21.1. The molecule has 2 aromatic carbocycles. The summed E-state index contributed by atoms with van der Waals surface area (Å²) in [5.41, 5.74) is 2.35. The van der Waals surface area contributed by atoms with E-state index in [0.29, 0.717) is 29.5 Å². The van der Waals surface area contributed by atoms with Crippen LogP contribution in [-0.2, 0) is 21.5 Å². The third-order valence-electron chi connectivity index (χ3n) is 5.97. The highest BCUT2D eigenvalue weighted by Gasteiger charge is 2.55. The first-order chi connectivity index (χ1) is 16.0. The van der Waals surface area contributed by atoms with E-state index in [2.05, 4.69) is 34.7 Å². The molecule has 0 saturated carbocycles. The number of benzene rings is 2. The monoisotopic (exact) mass is 462 g/mol. The van der Waals surface area contributed by atoms with Crippen molar-refractivity contribution in [1.82, 2.24) is 15.2 Å². The van der Waals surface area contributed by atoms with Crippen LogP contribution in [0.3, 0.4) is 0 Å². The third-order valence-corrected chi connectivity index (χ3v) is 6.73. The van der Waals surface area contributed by atoms with Gasteiger partial charge in [-0.25, -0.2) is 9.78 Å². The van der Waals surface area contributed by atoms with Crippen molar-refractivity contribution in [2.45, 2.75) is 25.3 Å². The van der Waals surface area contributed by atoms with Gasteiger partial charge in [0, 0.05) is 22.9 Å². The van der Waals surface area contributed by atoms with Crippen LogP contribution in [0.25, 0.3) is 11.3 Å². The molecule has 2 aliphatic rings. The second kappa shape index (κ2) is 8.32. The normalized spacial score (nSPS) is 19.2. The SMILES string of the molecule is CCc1ccc(-c2csc(NC(=O)CN3C(=O)N[C@]4(CCOc5ccccc54)C3=O)n2)cc1. The zero-order valence-corrected chi connectivity index (χ0v) is 18.8. The first-order valence-corrected chi connectivity index (χ1v) is 11.6. The molecule has 8 nitrogen and oxygen atoms in total. The van der Waals surface area contributed by atoms with E-state index in [9.17, 15) is 14.4 Å². The Labute approximate surface area is 194 Å². The number of thiazole rings is 1. The van der Waals surface area contributed by atoms with Crippen molar-refractivity contribution in [2.75, 3.05) is 18.5 Å². The molecule has 0 bridgehead atoms. The lowest BCUT2D eigenvalue weighted by molar-refractivity contribution is -0.135. The molecule has 9 heteroatoms. The van der Waals surface area contributed by atoms with Gasteiger partial charge in [-0.2, -0.15) is 0 Å². The maximum absolute atomic E-state index is 13.3. The van der Waals surface area contributed by atoms with Gasteiger partial charge in [0.05, 0.1) is 12.3 Å². The minimum absolute atomic E-state index is 0.296. The third kappa shape index (κ3) is 3.74. The van der Waals surface area contributed by atoms with Gasteiger partial charge < -0.3 is 15.4 Å². The summed E-state index contributed by atoms with van der Waals surface area (Å²) in [5.74, 6) is -0.377. The average molecular weight is 463 g/mol. The second-order valence-corrected chi connectivity index (χ2v) is 8.82. The van der Waals surface area contributed by atoms with Crippen molar-refractivity contribution in [1.29, 1.82) is 0 Å². The largest absolute Gasteiger partial charge is 0.493 e. The highest BCUT2D eigenvalue weighted by molar-refractivity contribution is 7.14. The minimum atomic E-state index is -1.20. The predicted octanol–water partition coefficient (Wildman–Crippen LogP) is 3.54. The maximum atomic E-state index is 13.3. The van der Waals surface area contributed by atoms with Gasteiger partial charge in [-0.3, -0.25) is 14.5 Å². The summed E-state index contributed by atoms with van der Waals surface area (Å²) in [6, 6.07) is 14.6. The standard InChI is InChI=1S/C24H22N4O4S/c1-2-15-7-9-16(10-8-15)18-14-33-22(25-18)26-20(29)13-28-21(30)24(27-23(28)31)11-12-32-19-6-4-3-5-17(19)24/h3-10,14H,2,11-13H2,1H3,(H,27,31)(H,25,26,29)/t24-/m0/s1. The van der Waals surface area contributed by atoms with Crippen LogP contribution >= 0.6 is 11.3 Å². The fourth-order valence-corrected chi connectivity index (χ4v) is 4.93. The molecule has 3 heterocycles. The molecule has 5 rings (SSSR count). The fraction of sp³-hybridized carbons (Fsp3) is 0.250. The molecular formula is C24H22N4O4S. The number of aryl methyl sites for hydroxylation is 1. The van der Waals surface area contributed by atoms with Crippen molar-refractivity contribution in [2.24, 2.45) is 0 Å². The number of nitrogens with one attached hydrogen (secondary N) is 2. The van der Waals surface area contributed by atoms with Gasteiger partial charge in [0.15, 0.2) is 10.7 Å². The molecule has 0 aliphatic carbocycles. The topological polar surface area (TPSA) is 101 Å². The Balaban J connectivity index is 1.29. The van der Waals surface area contributed by atoms with E-state index in [4.69, 9.17) is 4.74 Å². The van der Waals surface area contributed by atoms with Gasteiger partial charge >= 0.3 is 6.03 Å². The summed E-state index contributed by atoms with van der Waals surface area (Å²) in [5, 5.41) is 7.77. The molecule has 1 aromatic heterocycles. The number of ether oxygens (including phenoxy) is 1. The molecule has 33 heavy (non-hydrogen) atoms. The van der Waals surface area contributed by atoms with Gasteiger partial charge in [-0.15, -0.1) is 11.3 Å². The van der Waals surface area contributed by atoms with Gasteiger partial charge in [0.1, 0.15) is 12.3 Å². The van der Waals surface area contributed by atoms with E-state index < -0.39 is 29.9 Å². The minimum Gasteiger partial charge on any atom is -0.493 e. The smallest absolute Gasteiger partial charge is 0.325 e. The molecule has 0 unspecified atom stereocenters. The Hall–Kier alpha value is -3.72.